The molecule has 0 aliphatic carbocycles. The Bertz CT molecular complexity index is 557. The van der Waals surface area contributed by atoms with Gasteiger partial charge in [-0.05, 0) is 23.9 Å². The summed E-state index contributed by atoms with van der Waals surface area (Å²) in [7, 11) is 0. The van der Waals surface area contributed by atoms with Crippen LogP contribution in [0.4, 0.5) is 0 Å². The number of hydrogen-bond donors (Lipinski definition) is 3. The third kappa shape index (κ3) is 3.07. The van der Waals surface area contributed by atoms with Crippen molar-refractivity contribution in [3.63, 3.8) is 0 Å². The first-order valence-corrected chi connectivity index (χ1v) is 7.22. The Hall–Kier alpha value is -1.69. The Morgan fingerprint density at radius 1 is 1.35 bits per heavy atom. The molecule has 5 heteroatoms. The molecule has 1 aromatic heterocycles. The number of thiophene rings is 1. The average molecular weight is 290 g/mol. The maximum absolute atomic E-state index is 12.2. The molecule has 4 N–H and O–H groups in total. The number of rotatable bonds is 5. The van der Waals surface area contributed by atoms with E-state index in [0.29, 0.717) is 0 Å². The van der Waals surface area contributed by atoms with Crippen LogP contribution >= 0.6 is 11.3 Å². The quantitative estimate of drug-likeness (QED) is 0.785. The number of aliphatic hydroxyl groups excluding tert-OH is 1. The van der Waals surface area contributed by atoms with Gasteiger partial charge < -0.3 is 16.2 Å². The van der Waals surface area contributed by atoms with Gasteiger partial charge in [0.25, 0.3) is 0 Å². The van der Waals surface area contributed by atoms with Crippen LogP contribution in [-0.2, 0) is 10.3 Å². The summed E-state index contributed by atoms with van der Waals surface area (Å²) < 4.78 is 0. The van der Waals surface area contributed by atoms with Crippen molar-refractivity contribution in [3.8, 4) is 0 Å². The summed E-state index contributed by atoms with van der Waals surface area (Å²) in [5.74, 6) is -0.298. The minimum atomic E-state index is -0.840. The summed E-state index contributed by atoms with van der Waals surface area (Å²) in [6.07, 6.45) is 0. The predicted octanol–water partition coefficient (Wildman–Crippen LogP) is 1.77. The van der Waals surface area contributed by atoms with Gasteiger partial charge in [0.15, 0.2) is 0 Å². The van der Waals surface area contributed by atoms with E-state index in [-0.39, 0.29) is 12.5 Å². The second-order valence-electron chi connectivity index (χ2n) is 4.84. The molecule has 0 saturated carbocycles. The topological polar surface area (TPSA) is 75.3 Å². The largest absolute Gasteiger partial charge is 0.394 e. The van der Waals surface area contributed by atoms with Crippen LogP contribution in [0.15, 0.2) is 47.8 Å². The van der Waals surface area contributed by atoms with E-state index in [1.54, 1.807) is 6.92 Å². The number of nitrogens with one attached hydrogen (secondary N) is 1. The second-order valence-corrected chi connectivity index (χ2v) is 5.82. The fourth-order valence-corrected chi connectivity index (χ4v) is 2.68. The number of benzene rings is 1. The highest BCUT2D eigenvalue weighted by Crippen LogP contribution is 2.22. The highest BCUT2D eigenvalue weighted by atomic mass is 32.1. The standard InChI is InChI=1S/C15H18N2O2S/c1-15(10-18,11-6-3-2-4-7-11)17-14(19)13(16)12-8-5-9-20-12/h2-9,13,18H,10,16H2,1H3,(H,17,19). The fraction of sp³-hybridized carbons (Fsp3) is 0.267. The molecule has 1 amide bonds. The Morgan fingerprint density at radius 2 is 2.05 bits per heavy atom. The number of aliphatic hydroxyl groups is 1. The maximum atomic E-state index is 12.2. The minimum absolute atomic E-state index is 0.195. The Kier molecular flexibility index (Phi) is 4.54. The molecule has 0 radical (unpaired) electrons. The smallest absolute Gasteiger partial charge is 0.243 e. The van der Waals surface area contributed by atoms with Crippen molar-refractivity contribution in [1.29, 1.82) is 0 Å². The summed E-state index contributed by atoms with van der Waals surface area (Å²) in [6.45, 7) is 1.58. The maximum Gasteiger partial charge on any atom is 0.243 e. The summed E-state index contributed by atoms with van der Waals surface area (Å²) in [4.78, 5) is 13.1. The van der Waals surface area contributed by atoms with Gasteiger partial charge in [0.1, 0.15) is 6.04 Å². The Morgan fingerprint density at radius 3 is 2.60 bits per heavy atom. The van der Waals surface area contributed by atoms with Gasteiger partial charge >= 0.3 is 0 Å². The molecule has 2 atom stereocenters. The molecule has 1 aromatic carbocycles. The zero-order valence-corrected chi connectivity index (χ0v) is 12.1. The lowest BCUT2D eigenvalue weighted by atomic mass is 9.92. The SMILES string of the molecule is CC(CO)(NC(=O)C(N)c1cccs1)c1ccccc1. The first kappa shape index (κ1) is 14.7. The summed E-state index contributed by atoms with van der Waals surface area (Å²) in [6, 6.07) is 12.3. The molecule has 106 valence electrons. The monoisotopic (exact) mass is 290 g/mol. The van der Waals surface area contributed by atoms with Crippen molar-refractivity contribution in [2.75, 3.05) is 6.61 Å². The zero-order chi connectivity index (χ0) is 14.6. The van der Waals surface area contributed by atoms with Crippen LogP contribution in [0, 0.1) is 0 Å². The van der Waals surface area contributed by atoms with E-state index >= 15 is 0 Å². The van der Waals surface area contributed by atoms with Crippen molar-refractivity contribution >= 4 is 17.2 Å². The number of hydrogen-bond acceptors (Lipinski definition) is 4. The second kappa shape index (κ2) is 6.17. The molecular formula is C15H18N2O2S. The minimum Gasteiger partial charge on any atom is -0.394 e. The molecule has 2 unspecified atom stereocenters. The molecule has 4 nitrogen and oxygen atoms in total. The molecule has 0 spiro atoms. The van der Waals surface area contributed by atoms with Crippen LogP contribution in [0.3, 0.4) is 0 Å². The molecule has 0 bridgehead atoms. The first-order chi connectivity index (χ1) is 9.57. The van der Waals surface area contributed by atoms with Crippen molar-refractivity contribution in [2.24, 2.45) is 5.73 Å². The normalized spacial score (nSPS) is 15.3. The Labute approximate surface area is 122 Å². The molecule has 20 heavy (non-hydrogen) atoms. The van der Waals surface area contributed by atoms with E-state index in [1.807, 2.05) is 47.8 Å². The first-order valence-electron chi connectivity index (χ1n) is 6.34. The van der Waals surface area contributed by atoms with Crippen molar-refractivity contribution in [1.82, 2.24) is 5.32 Å². The van der Waals surface area contributed by atoms with Crippen LogP contribution in [0.2, 0.25) is 0 Å². The third-order valence-corrected chi connectivity index (χ3v) is 4.21. The van der Waals surface area contributed by atoms with E-state index in [9.17, 15) is 9.90 Å². The highest BCUT2D eigenvalue weighted by Gasteiger charge is 2.30. The Balaban J connectivity index is 2.16. The van der Waals surface area contributed by atoms with Gasteiger partial charge in [-0.3, -0.25) is 4.79 Å². The molecule has 0 aliphatic rings. The van der Waals surface area contributed by atoms with Crippen molar-refractivity contribution < 1.29 is 9.90 Å². The number of amides is 1. The molecule has 2 aromatic rings. The van der Waals surface area contributed by atoms with Crippen LogP contribution in [0.5, 0.6) is 0 Å². The van der Waals surface area contributed by atoms with Gasteiger partial charge in [-0.1, -0.05) is 36.4 Å². The highest BCUT2D eigenvalue weighted by molar-refractivity contribution is 7.10. The van der Waals surface area contributed by atoms with E-state index in [2.05, 4.69) is 5.32 Å². The predicted molar refractivity (Wildman–Crippen MR) is 80.3 cm³/mol. The molecule has 2 rings (SSSR count). The number of carbonyl (C=O) groups excluding carboxylic acids is 1. The van der Waals surface area contributed by atoms with Crippen LogP contribution < -0.4 is 11.1 Å². The van der Waals surface area contributed by atoms with Gasteiger partial charge in [0.05, 0.1) is 12.1 Å². The average Bonchev–Trinajstić information content (AvgIpc) is 3.01. The van der Waals surface area contributed by atoms with Crippen LogP contribution in [0.25, 0.3) is 0 Å². The molecule has 1 heterocycles. The van der Waals surface area contributed by atoms with Gasteiger partial charge in [-0.2, -0.15) is 0 Å². The lowest BCUT2D eigenvalue weighted by Gasteiger charge is -2.30. The van der Waals surface area contributed by atoms with Crippen molar-refractivity contribution in [3.05, 3.63) is 58.3 Å². The summed E-state index contributed by atoms with van der Waals surface area (Å²) >= 11 is 1.44. The molecular weight excluding hydrogens is 272 g/mol. The van der Waals surface area contributed by atoms with Gasteiger partial charge in [0.2, 0.25) is 5.91 Å². The van der Waals surface area contributed by atoms with E-state index in [0.717, 1.165) is 10.4 Å². The van der Waals surface area contributed by atoms with E-state index in [4.69, 9.17) is 5.73 Å². The number of nitrogens with two attached hydrogens (primary N) is 1. The molecule has 0 fully saturated rings. The fourth-order valence-electron chi connectivity index (χ4n) is 1.96. The lowest BCUT2D eigenvalue weighted by molar-refractivity contribution is -0.124. The van der Waals surface area contributed by atoms with E-state index in [1.165, 1.54) is 11.3 Å². The van der Waals surface area contributed by atoms with E-state index < -0.39 is 11.6 Å². The molecule has 0 saturated heterocycles. The van der Waals surface area contributed by atoms with Gasteiger partial charge in [-0.15, -0.1) is 11.3 Å². The van der Waals surface area contributed by atoms with Crippen LogP contribution in [0.1, 0.15) is 23.4 Å². The van der Waals surface area contributed by atoms with Crippen molar-refractivity contribution in [2.45, 2.75) is 18.5 Å². The van der Waals surface area contributed by atoms with Gasteiger partial charge in [-0.25, -0.2) is 0 Å². The summed E-state index contributed by atoms with van der Waals surface area (Å²) in [5, 5.41) is 14.4. The third-order valence-electron chi connectivity index (χ3n) is 3.26. The lowest BCUT2D eigenvalue weighted by Crippen LogP contribution is -2.49. The summed E-state index contributed by atoms with van der Waals surface area (Å²) in [5.41, 5.74) is 5.94. The van der Waals surface area contributed by atoms with Crippen LogP contribution in [-0.4, -0.2) is 17.6 Å². The molecule has 0 aliphatic heterocycles. The van der Waals surface area contributed by atoms with Gasteiger partial charge in [0, 0.05) is 4.88 Å². The number of carbonyl (C=O) groups is 1. The zero-order valence-electron chi connectivity index (χ0n) is 11.2.